The predicted molar refractivity (Wildman–Crippen MR) is 115 cm³/mol. The van der Waals surface area contributed by atoms with E-state index in [0.29, 0.717) is 34.0 Å². The summed E-state index contributed by atoms with van der Waals surface area (Å²) in [5.74, 6) is 2.40. The first-order chi connectivity index (χ1) is 14.0. The molecule has 4 rings (SSSR count). The van der Waals surface area contributed by atoms with Crippen LogP contribution in [0.3, 0.4) is 0 Å². The highest BCUT2D eigenvalue weighted by Crippen LogP contribution is 2.41. The molecule has 0 bridgehead atoms. The SMILES string of the molecule is CC[C@@H](C)c1nc2ccc(Br)cc2c(=O)n1N=Cc1cc(OC)c2c(c1)OCO2. The summed E-state index contributed by atoms with van der Waals surface area (Å²) >= 11 is 3.42. The van der Waals surface area contributed by atoms with Gasteiger partial charge in [-0.25, -0.2) is 4.98 Å². The summed E-state index contributed by atoms with van der Waals surface area (Å²) in [7, 11) is 1.56. The molecule has 0 amide bonds. The van der Waals surface area contributed by atoms with E-state index in [1.807, 2.05) is 19.1 Å². The number of benzene rings is 2. The molecule has 0 radical (unpaired) electrons. The van der Waals surface area contributed by atoms with Crippen molar-refractivity contribution in [1.29, 1.82) is 0 Å². The molecule has 1 aliphatic heterocycles. The van der Waals surface area contributed by atoms with Crippen molar-refractivity contribution in [1.82, 2.24) is 9.66 Å². The highest BCUT2D eigenvalue weighted by atomic mass is 79.9. The Bertz CT molecular complexity index is 1170. The Morgan fingerprint density at radius 3 is 2.93 bits per heavy atom. The Morgan fingerprint density at radius 2 is 2.17 bits per heavy atom. The monoisotopic (exact) mass is 457 g/mol. The smallest absolute Gasteiger partial charge is 0.282 e. The molecule has 150 valence electrons. The first-order valence-electron chi connectivity index (χ1n) is 9.26. The molecule has 0 aliphatic carbocycles. The van der Waals surface area contributed by atoms with Crippen LogP contribution in [0.4, 0.5) is 0 Å². The number of methoxy groups -OCH3 is 1. The van der Waals surface area contributed by atoms with Gasteiger partial charge in [-0.1, -0.05) is 29.8 Å². The molecule has 2 heterocycles. The Balaban J connectivity index is 1.85. The molecule has 0 saturated carbocycles. The van der Waals surface area contributed by atoms with Crippen molar-refractivity contribution < 1.29 is 14.2 Å². The van der Waals surface area contributed by atoms with E-state index in [1.165, 1.54) is 4.68 Å². The van der Waals surface area contributed by atoms with Gasteiger partial charge in [-0.15, -0.1) is 0 Å². The Hall–Kier alpha value is -2.87. The molecule has 0 N–H and O–H groups in total. The summed E-state index contributed by atoms with van der Waals surface area (Å²) < 4.78 is 18.4. The number of halogens is 1. The van der Waals surface area contributed by atoms with Crippen molar-refractivity contribution in [3.8, 4) is 17.2 Å². The minimum Gasteiger partial charge on any atom is -0.493 e. The van der Waals surface area contributed by atoms with E-state index in [4.69, 9.17) is 19.2 Å². The minimum atomic E-state index is -0.212. The van der Waals surface area contributed by atoms with E-state index in [1.54, 1.807) is 31.5 Å². The summed E-state index contributed by atoms with van der Waals surface area (Å²) in [6.07, 6.45) is 2.44. The summed E-state index contributed by atoms with van der Waals surface area (Å²) in [6, 6.07) is 9.06. The maximum Gasteiger partial charge on any atom is 0.282 e. The van der Waals surface area contributed by atoms with E-state index < -0.39 is 0 Å². The Kier molecular flexibility index (Phi) is 5.27. The molecule has 1 aliphatic rings. The van der Waals surface area contributed by atoms with Crippen molar-refractivity contribution in [3.63, 3.8) is 0 Å². The number of fused-ring (bicyclic) bond motifs is 2. The second-order valence-electron chi connectivity index (χ2n) is 6.76. The van der Waals surface area contributed by atoms with E-state index in [-0.39, 0.29) is 18.3 Å². The number of hydrogen-bond donors (Lipinski definition) is 0. The van der Waals surface area contributed by atoms with E-state index in [2.05, 4.69) is 28.0 Å². The highest BCUT2D eigenvalue weighted by molar-refractivity contribution is 9.10. The van der Waals surface area contributed by atoms with Crippen molar-refractivity contribution in [2.24, 2.45) is 5.10 Å². The molecule has 0 unspecified atom stereocenters. The number of hydrogen-bond acceptors (Lipinski definition) is 6. The van der Waals surface area contributed by atoms with Crippen LogP contribution in [0.15, 0.2) is 44.7 Å². The van der Waals surface area contributed by atoms with Crippen LogP contribution in [-0.4, -0.2) is 29.8 Å². The topological polar surface area (TPSA) is 74.9 Å². The van der Waals surface area contributed by atoms with Crippen LogP contribution in [0.5, 0.6) is 17.2 Å². The molecular formula is C21H20BrN3O4. The van der Waals surface area contributed by atoms with Gasteiger partial charge >= 0.3 is 0 Å². The van der Waals surface area contributed by atoms with Crippen molar-refractivity contribution >= 4 is 33.0 Å². The second kappa shape index (κ2) is 7.87. The molecule has 2 aromatic carbocycles. The second-order valence-corrected chi connectivity index (χ2v) is 7.67. The molecule has 7 nitrogen and oxygen atoms in total. The van der Waals surface area contributed by atoms with Crippen LogP contribution in [0.2, 0.25) is 0 Å². The standard InChI is InChI=1S/C21H20BrN3O4/c1-4-12(2)20-24-16-6-5-14(22)9-15(16)21(26)25(20)23-10-13-7-17(27-3)19-18(8-13)28-11-29-19/h5-10,12H,4,11H2,1-3H3/t12-/m1/s1. The molecule has 0 saturated heterocycles. The fourth-order valence-corrected chi connectivity index (χ4v) is 3.49. The van der Waals surface area contributed by atoms with Crippen molar-refractivity contribution in [3.05, 3.63) is 56.5 Å². The molecule has 29 heavy (non-hydrogen) atoms. The summed E-state index contributed by atoms with van der Waals surface area (Å²) in [6.45, 7) is 4.23. The number of aromatic nitrogens is 2. The van der Waals surface area contributed by atoms with Crippen LogP contribution in [0.25, 0.3) is 10.9 Å². The maximum atomic E-state index is 13.2. The van der Waals surface area contributed by atoms with Gasteiger partial charge in [0.15, 0.2) is 11.5 Å². The predicted octanol–water partition coefficient (Wildman–Crippen LogP) is 4.29. The van der Waals surface area contributed by atoms with Crippen molar-refractivity contribution in [2.75, 3.05) is 13.9 Å². The lowest BCUT2D eigenvalue weighted by atomic mass is 10.1. The molecule has 0 spiro atoms. The van der Waals surface area contributed by atoms with Gasteiger partial charge in [0.05, 0.1) is 24.2 Å². The van der Waals surface area contributed by atoms with Gasteiger partial charge in [-0.05, 0) is 36.8 Å². The van der Waals surface area contributed by atoms with Crippen LogP contribution in [-0.2, 0) is 0 Å². The number of nitrogens with zero attached hydrogens (tertiary/aromatic N) is 3. The van der Waals surface area contributed by atoms with Gasteiger partial charge in [0.25, 0.3) is 5.56 Å². The number of rotatable bonds is 5. The molecule has 1 aromatic heterocycles. The van der Waals surface area contributed by atoms with Crippen molar-refractivity contribution in [2.45, 2.75) is 26.2 Å². The summed E-state index contributed by atoms with van der Waals surface area (Å²) in [5, 5.41) is 4.98. The van der Waals surface area contributed by atoms with E-state index in [0.717, 1.165) is 16.5 Å². The van der Waals surface area contributed by atoms with Crippen LogP contribution in [0.1, 0.15) is 37.6 Å². The van der Waals surface area contributed by atoms with Crippen LogP contribution < -0.4 is 19.8 Å². The molecule has 1 atom stereocenters. The fraction of sp³-hybridized carbons (Fsp3) is 0.286. The lowest BCUT2D eigenvalue weighted by molar-refractivity contribution is 0.171. The number of ether oxygens (including phenoxy) is 3. The van der Waals surface area contributed by atoms with Gasteiger partial charge in [0, 0.05) is 16.0 Å². The zero-order chi connectivity index (χ0) is 20.5. The largest absolute Gasteiger partial charge is 0.493 e. The molecule has 8 heteroatoms. The highest BCUT2D eigenvalue weighted by Gasteiger charge is 2.20. The zero-order valence-corrected chi connectivity index (χ0v) is 17.9. The third-order valence-electron chi connectivity index (χ3n) is 4.89. The minimum absolute atomic E-state index is 0.0687. The van der Waals surface area contributed by atoms with Gasteiger partial charge in [0.2, 0.25) is 12.5 Å². The lowest BCUT2D eigenvalue weighted by Gasteiger charge is -2.14. The summed E-state index contributed by atoms with van der Waals surface area (Å²) in [5.41, 5.74) is 1.17. The average Bonchev–Trinajstić information content (AvgIpc) is 3.20. The van der Waals surface area contributed by atoms with Crippen LogP contribution in [0, 0.1) is 0 Å². The Morgan fingerprint density at radius 1 is 1.34 bits per heavy atom. The lowest BCUT2D eigenvalue weighted by Crippen LogP contribution is -2.23. The first-order valence-corrected chi connectivity index (χ1v) is 10.0. The Labute approximate surface area is 176 Å². The average molecular weight is 458 g/mol. The van der Waals surface area contributed by atoms with E-state index >= 15 is 0 Å². The maximum absolute atomic E-state index is 13.2. The third kappa shape index (κ3) is 3.60. The van der Waals surface area contributed by atoms with Gasteiger partial charge in [-0.3, -0.25) is 4.79 Å². The summed E-state index contributed by atoms with van der Waals surface area (Å²) in [4.78, 5) is 17.9. The van der Waals surface area contributed by atoms with Gasteiger partial charge < -0.3 is 14.2 Å². The van der Waals surface area contributed by atoms with Crippen LogP contribution >= 0.6 is 15.9 Å². The third-order valence-corrected chi connectivity index (χ3v) is 5.38. The normalized spacial score (nSPS) is 13.9. The van der Waals surface area contributed by atoms with E-state index in [9.17, 15) is 4.79 Å². The molecule has 0 fully saturated rings. The van der Waals surface area contributed by atoms with Gasteiger partial charge in [0.1, 0.15) is 5.82 Å². The molecular weight excluding hydrogens is 438 g/mol. The zero-order valence-electron chi connectivity index (χ0n) is 16.3. The quantitative estimate of drug-likeness (QED) is 0.534. The first kappa shape index (κ1) is 19.4. The van der Waals surface area contributed by atoms with Gasteiger partial charge in [-0.2, -0.15) is 9.78 Å². The molecule has 3 aromatic rings. The fourth-order valence-electron chi connectivity index (χ4n) is 3.13.